The Morgan fingerprint density at radius 2 is 1.94 bits per heavy atom. The summed E-state index contributed by atoms with van der Waals surface area (Å²) in [4.78, 5) is 0. The minimum Gasteiger partial charge on any atom is -0.317 e. The van der Waals surface area contributed by atoms with Gasteiger partial charge in [-0.25, -0.2) is 8.42 Å². The standard InChI is InChI=1S/C13H27NO2S/c1-10(8-11(2)14-3)12-6-5-7-13(9-12)17(4,15)16/h10-14H,5-9H2,1-4H3. The van der Waals surface area contributed by atoms with Gasteiger partial charge in [0, 0.05) is 12.3 Å². The Labute approximate surface area is 106 Å². The number of hydrogen-bond donors (Lipinski definition) is 1. The highest BCUT2D eigenvalue weighted by atomic mass is 32.2. The summed E-state index contributed by atoms with van der Waals surface area (Å²) < 4.78 is 23.2. The van der Waals surface area contributed by atoms with Gasteiger partial charge in [0.1, 0.15) is 9.84 Å². The van der Waals surface area contributed by atoms with E-state index in [4.69, 9.17) is 0 Å². The molecule has 0 heterocycles. The van der Waals surface area contributed by atoms with Crippen LogP contribution in [0, 0.1) is 11.8 Å². The Morgan fingerprint density at radius 1 is 1.29 bits per heavy atom. The fourth-order valence-electron chi connectivity index (χ4n) is 2.95. The quantitative estimate of drug-likeness (QED) is 0.825. The summed E-state index contributed by atoms with van der Waals surface area (Å²) in [5.74, 6) is 1.20. The molecule has 1 aliphatic carbocycles. The number of hydrogen-bond acceptors (Lipinski definition) is 3. The first-order valence-corrected chi connectivity index (χ1v) is 8.66. The zero-order valence-electron chi connectivity index (χ0n) is 11.6. The van der Waals surface area contributed by atoms with Gasteiger partial charge < -0.3 is 5.32 Å². The van der Waals surface area contributed by atoms with Crippen molar-refractivity contribution in [2.75, 3.05) is 13.3 Å². The monoisotopic (exact) mass is 261 g/mol. The molecule has 4 unspecified atom stereocenters. The van der Waals surface area contributed by atoms with Crippen molar-refractivity contribution >= 4 is 9.84 Å². The average Bonchev–Trinajstić information content (AvgIpc) is 2.28. The first kappa shape index (κ1) is 15.0. The Balaban J connectivity index is 2.54. The molecule has 0 aromatic rings. The maximum Gasteiger partial charge on any atom is 0.150 e. The number of sulfone groups is 1. The lowest BCUT2D eigenvalue weighted by molar-refractivity contribution is 0.239. The normalized spacial score (nSPS) is 29.9. The minimum atomic E-state index is -2.84. The van der Waals surface area contributed by atoms with E-state index in [1.807, 2.05) is 7.05 Å². The van der Waals surface area contributed by atoms with Gasteiger partial charge in [-0.3, -0.25) is 0 Å². The van der Waals surface area contributed by atoms with E-state index in [1.165, 1.54) is 12.7 Å². The molecule has 0 aliphatic heterocycles. The van der Waals surface area contributed by atoms with E-state index in [-0.39, 0.29) is 5.25 Å². The van der Waals surface area contributed by atoms with Crippen molar-refractivity contribution in [3.8, 4) is 0 Å². The summed E-state index contributed by atoms with van der Waals surface area (Å²) in [5, 5.41) is 3.17. The summed E-state index contributed by atoms with van der Waals surface area (Å²) in [6.07, 6.45) is 6.53. The molecule has 4 atom stereocenters. The molecule has 0 saturated heterocycles. The third-order valence-electron chi connectivity index (χ3n) is 4.30. The van der Waals surface area contributed by atoms with Crippen molar-refractivity contribution in [1.82, 2.24) is 5.32 Å². The topological polar surface area (TPSA) is 46.2 Å². The predicted octanol–water partition coefficient (Wildman–Crippen LogP) is 2.22. The van der Waals surface area contributed by atoms with Gasteiger partial charge in [-0.2, -0.15) is 0 Å². The van der Waals surface area contributed by atoms with Crippen LogP contribution < -0.4 is 5.32 Å². The zero-order valence-corrected chi connectivity index (χ0v) is 12.4. The van der Waals surface area contributed by atoms with Crippen LogP contribution >= 0.6 is 0 Å². The Hall–Kier alpha value is -0.0900. The summed E-state index contributed by atoms with van der Waals surface area (Å²) in [7, 11) is -0.858. The molecule has 1 saturated carbocycles. The van der Waals surface area contributed by atoms with Gasteiger partial charge in [-0.15, -0.1) is 0 Å². The van der Waals surface area contributed by atoms with Crippen molar-refractivity contribution < 1.29 is 8.42 Å². The molecule has 4 heteroatoms. The SMILES string of the molecule is CNC(C)CC(C)C1CCCC(S(C)(=O)=O)C1. The van der Waals surface area contributed by atoms with E-state index in [1.54, 1.807) is 0 Å². The van der Waals surface area contributed by atoms with E-state index in [0.29, 0.717) is 17.9 Å². The lowest BCUT2D eigenvalue weighted by atomic mass is 9.78. The highest BCUT2D eigenvalue weighted by Crippen LogP contribution is 2.34. The molecule has 1 N–H and O–H groups in total. The molecule has 0 aromatic carbocycles. The largest absolute Gasteiger partial charge is 0.317 e. The average molecular weight is 261 g/mol. The third kappa shape index (κ3) is 4.59. The van der Waals surface area contributed by atoms with Crippen LogP contribution in [0.4, 0.5) is 0 Å². The number of rotatable bonds is 5. The van der Waals surface area contributed by atoms with Gasteiger partial charge in [0.05, 0.1) is 5.25 Å². The van der Waals surface area contributed by atoms with Crippen molar-refractivity contribution in [3.05, 3.63) is 0 Å². The van der Waals surface area contributed by atoms with Crippen LogP contribution in [-0.2, 0) is 9.84 Å². The summed E-state index contributed by atoms with van der Waals surface area (Å²) >= 11 is 0. The van der Waals surface area contributed by atoms with E-state index in [9.17, 15) is 8.42 Å². The van der Waals surface area contributed by atoms with Gasteiger partial charge in [-0.05, 0) is 45.1 Å². The van der Waals surface area contributed by atoms with Gasteiger partial charge in [0.15, 0.2) is 0 Å². The van der Waals surface area contributed by atoms with E-state index in [0.717, 1.165) is 25.7 Å². The molecular formula is C13H27NO2S. The molecule has 1 fully saturated rings. The molecule has 0 aromatic heterocycles. The van der Waals surface area contributed by atoms with Crippen molar-refractivity contribution in [1.29, 1.82) is 0 Å². The van der Waals surface area contributed by atoms with Crippen LogP contribution in [0.3, 0.4) is 0 Å². The first-order valence-electron chi connectivity index (χ1n) is 6.70. The number of nitrogens with one attached hydrogen (secondary N) is 1. The fourth-order valence-corrected chi connectivity index (χ4v) is 4.15. The molecule has 0 bridgehead atoms. The molecule has 0 radical (unpaired) electrons. The molecule has 0 spiro atoms. The Kier molecular flexibility index (Phi) is 5.45. The minimum absolute atomic E-state index is 0.0893. The molecule has 1 rings (SSSR count). The van der Waals surface area contributed by atoms with Crippen LogP contribution in [0.25, 0.3) is 0 Å². The third-order valence-corrected chi connectivity index (χ3v) is 5.93. The molecule has 1 aliphatic rings. The second kappa shape index (κ2) is 6.19. The van der Waals surface area contributed by atoms with Crippen LogP contribution in [0.1, 0.15) is 46.0 Å². The maximum absolute atomic E-state index is 11.6. The van der Waals surface area contributed by atoms with Crippen LogP contribution in [-0.4, -0.2) is 33.0 Å². The lowest BCUT2D eigenvalue weighted by Gasteiger charge is -2.33. The van der Waals surface area contributed by atoms with Gasteiger partial charge in [0.25, 0.3) is 0 Å². The summed E-state index contributed by atoms with van der Waals surface area (Å²) in [5.41, 5.74) is 0. The van der Waals surface area contributed by atoms with Gasteiger partial charge in [0.2, 0.25) is 0 Å². The van der Waals surface area contributed by atoms with E-state index >= 15 is 0 Å². The first-order chi connectivity index (χ1) is 7.84. The molecule has 3 nitrogen and oxygen atoms in total. The maximum atomic E-state index is 11.6. The molecule has 0 amide bonds. The van der Waals surface area contributed by atoms with Gasteiger partial charge in [-0.1, -0.05) is 19.8 Å². The van der Waals surface area contributed by atoms with Crippen molar-refractivity contribution in [2.45, 2.75) is 57.2 Å². The van der Waals surface area contributed by atoms with Crippen molar-refractivity contribution in [2.24, 2.45) is 11.8 Å². The van der Waals surface area contributed by atoms with E-state index < -0.39 is 9.84 Å². The fraction of sp³-hybridized carbons (Fsp3) is 1.00. The highest BCUT2D eigenvalue weighted by molar-refractivity contribution is 7.91. The zero-order chi connectivity index (χ0) is 13.1. The van der Waals surface area contributed by atoms with E-state index in [2.05, 4.69) is 19.2 Å². The Bertz CT molecular complexity index is 326. The van der Waals surface area contributed by atoms with Crippen LogP contribution in [0.5, 0.6) is 0 Å². The van der Waals surface area contributed by atoms with Gasteiger partial charge >= 0.3 is 0 Å². The van der Waals surface area contributed by atoms with Crippen LogP contribution in [0.2, 0.25) is 0 Å². The van der Waals surface area contributed by atoms with Crippen LogP contribution in [0.15, 0.2) is 0 Å². The second-order valence-corrected chi connectivity index (χ2v) is 8.11. The Morgan fingerprint density at radius 3 is 2.47 bits per heavy atom. The smallest absolute Gasteiger partial charge is 0.150 e. The second-order valence-electron chi connectivity index (χ2n) is 5.78. The summed E-state index contributed by atoms with van der Waals surface area (Å²) in [6, 6.07) is 0.517. The predicted molar refractivity (Wildman–Crippen MR) is 72.9 cm³/mol. The molecule has 17 heavy (non-hydrogen) atoms. The highest BCUT2D eigenvalue weighted by Gasteiger charge is 2.31. The lowest BCUT2D eigenvalue weighted by Crippen LogP contribution is -2.32. The molecule has 102 valence electrons. The van der Waals surface area contributed by atoms with Crippen molar-refractivity contribution in [3.63, 3.8) is 0 Å². The molecular weight excluding hydrogens is 234 g/mol. The summed E-state index contributed by atoms with van der Waals surface area (Å²) in [6.45, 7) is 4.45.